The molecule has 0 radical (unpaired) electrons. The average Bonchev–Trinajstić information content (AvgIpc) is 3.58. The Balaban J connectivity index is 1.44. The Bertz CT molecular complexity index is 1430. The number of carbonyl (C=O) groups excluding carboxylic acids is 1. The largest absolute Gasteiger partial charge is 0.341 e. The van der Waals surface area contributed by atoms with Crippen LogP contribution >= 0.6 is 0 Å². The minimum absolute atomic E-state index is 0.122. The maximum atomic E-state index is 15.9. The molecule has 1 aromatic heterocycles. The SMILES string of the molecule is Cc1ccc(C(F)(F)[C@H](NS(=O)(=O)c2ccc3c(cnn3CC3CCCC3)c2)C(=O)N2CCC(N)CC2)cc1. The summed E-state index contributed by atoms with van der Waals surface area (Å²) in [6.45, 7) is 2.89. The van der Waals surface area contributed by atoms with E-state index in [1.807, 2.05) is 4.68 Å². The minimum atomic E-state index is -4.50. The lowest BCUT2D eigenvalue weighted by Crippen LogP contribution is -2.57. The summed E-state index contributed by atoms with van der Waals surface area (Å²) in [5.74, 6) is -4.23. The van der Waals surface area contributed by atoms with Crippen LogP contribution in [-0.2, 0) is 27.3 Å². The lowest BCUT2D eigenvalue weighted by atomic mass is 9.98. The van der Waals surface area contributed by atoms with Gasteiger partial charge in [0.2, 0.25) is 15.9 Å². The number of aromatic nitrogens is 2. The highest BCUT2D eigenvalue weighted by atomic mass is 32.2. The maximum absolute atomic E-state index is 15.9. The van der Waals surface area contributed by atoms with Crippen LogP contribution in [0, 0.1) is 12.8 Å². The second-order valence-electron chi connectivity index (χ2n) is 10.9. The number of hydrogen-bond acceptors (Lipinski definition) is 5. The van der Waals surface area contributed by atoms with Crippen molar-refractivity contribution in [2.45, 2.75) is 74.9 Å². The summed E-state index contributed by atoms with van der Waals surface area (Å²) in [6.07, 6.45) is 7.20. The zero-order chi connectivity index (χ0) is 27.8. The van der Waals surface area contributed by atoms with Gasteiger partial charge in [0.15, 0.2) is 6.04 Å². The number of likely N-dealkylation sites (tertiary alicyclic amines) is 1. The highest BCUT2D eigenvalue weighted by Crippen LogP contribution is 2.35. The zero-order valence-electron chi connectivity index (χ0n) is 22.0. The molecule has 2 aromatic carbocycles. The number of aryl methyl sites for hydroxylation is 1. The number of fused-ring (bicyclic) bond motifs is 1. The zero-order valence-corrected chi connectivity index (χ0v) is 22.8. The van der Waals surface area contributed by atoms with E-state index in [0.717, 1.165) is 30.5 Å². The van der Waals surface area contributed by atoms with Gasteiger partial charge in [0.25, 0.3) is 5.92 Å². The fourth-order valence-electron chi connectivity index (χ4n) is 5.56. The van der Waals surface area contributed by atoms with Crippen molar-refractivity contribution in [3.63, 3.8) is 0 Å². The molecule has 1 amide bonds. The van der Waals surface area contributed by atoms with Crippen molar-refractivity contribution < 1.29 is 22.0 Å². The highest BCUT2D eigenvalue weighted by Gasteiger charge is 2.50. The van der Waals surface area contributed by atoms with Crippen LogP contribution < -0.4 is 10.5 Å². The maximum Gasteiger partial charge on any atom is 0.298 e. The first-order chi connectivity index (χ1) is 18.5. The van der Waals surface area contributed by atoms with Crippen LogP contribution in [0.5, 0.6) is 0 Å². The summed E-state index contributed by atoms with van der Waals surface area (Å²) in [5, 5.41) is 5.03. The molecule has 11 heteroatoms. The molecule has 0 bridgehead atoms. The number of hydrogen-bond donors (Lipinski definition) is 2. The van der Waals surface area contributed by atoms with Crippen molar-refractivity contribution in [3.05, 3.63) is 59.8 Å². The van der Waals surface area contributed by atoms with E-state index in [2.05, 4.69) is 9.82 Å². The molecule has 3 aromatic rings. The third-order valence-electron chi connectivity index (χ3n) is 8.00. The van der Waals surface area contributed by atoms with Gasteiger partial charge >= 0.3 is 0 Å². The van der Waals surface area contributed by atoms with Gasteiger partial charge in [-0.1, -0.05) is 42.7 Å². The summed E-state index contributed by atoms with van der Waals surface area (Å²) in [4.78, 5) is 14.5. The molecule has 1 atom stereocenters. The van der Waals surface area contributed by atoms with Crippen molar-refractivity contribution >= 4 is 26.8 Å². The van der Waals surface area contributed by atoms with Crippen molar-refractivity contribution in [2.75, 3.05) is 13.1 Å². The van der Waals surface area contributed by atoms with Crippen molar-refractivity contribution in [3.8, 4) is 0 Å². The normalized spacial score (nSPS) is 18.6. The molecule has 39 heavy (non-hydrogen) atoms. The Hall–Kier alpha value is -2.89. The smallest absolute Gasteiger partial charge is 0.298 e. The first-order valence-electron chi connectivity index (χ1n) is 13.5. The van der Waals surface area contributed by atoms with E-state index < -0.39 is 33.5 Å². The number of halogens is 2. The van der Waals surface area contributed by atoms with E-state index in [1.54, 1.807) is 19.2 Å². The molecule has 2 fully saturated rings. The van der Waals surface area contributed by atoms with Crippen LogP contribution in [0.15, 0.2) is 53.6 Å². The third kappa shape index (κ3) is 5.85. The van der Waals surface area contributed by atoms with Crippen LogP contribution in [0.2, 0.25) is 0 Å². The number of amides is 1. The van der Waals surface area contributed by atoms with Crippen LogP contribution in [0.4, 0.5) is 8.78 Å². The summed E-state index contributed by atoms with van der Waals surface area (Å²) < 4.78 is 62.7. The van der Waals surface area contributed by atoms with E-state index in [4.69, 9.17) is 5.73 Å². The molecule has 2 aliphatic rings. The van der Waals surface area contributed by atoms with Gasteiger partial charge < -0.3 is 10.6 Å². The van der Waals surface area contributed by atoms with Gasteiger partial charge in [-0.2, -0.15) is 18.6 Å². The lowest BCUT2D eigenvalue weighted by Gasteiger charge is -2.35. The first-order valence-corrected chi connectivity index (χ1v) is 15.0. The minimum Gasteiger partial charge on any atom is -0.341 e. The molecule has 1 saturated heterocycles. The Morgan fingerprint density at radius 1 is 1.10 bits per heavy atom. The number of nitrogens with zero attached hydrogens (tertiary/aromatic N) is 3. The summed E-state index contributed by atoms with van der Waals surface area (Å²) in [5.41, 5.74) is 7.04. The number of nitrogens with two attached hydrogens (primary N) is 1. The Morgan fingerprint density at radius 3 is 2.44 bits per heavy atom. The van der Waals surface area contributed by atoms with Crippen molar-refractivity contribution in [1.29, 1.82) is 0 Å². The monoisotopic (exact) mass is 559 g/mol. The topological polar surface area (TPSA) is 110 Å². The van der Waals surface area contributed by atoms with Gasteiger partial charge in [0.1, 0.15) is 0 Å². The molecule has 0 unspecified atom stereocenters. The fourth-order valence-corrected chi connectivity index (χ4v) is 6.79. The van der Waals surface area contributed by atoms with Crippen LogP contribution in [0.3, 0.4) is 0 Å². The second kappa shape index (κ2) is 10.9. The molecular formula is C28H35F2N5O3S. The molecule has 1 saturated carbocycles. The van der Waals surface area contributed by atoms with E-state index in [0.29, 0.717) is 24.1 Å². The van der Waals surface area contributed by atoms with Gasteiger partial charge in [-0.25, -0.2) is 8.42 Å². The van der Waals surface area contributed by atoms with Crippen molar-refractivity contribution in [2.24, 2.45) is 11.7 Å². The van der Waals surface area contributed by atoms with Crippen LogP contribution in [-0.4, -0.2) is 54.2 Å². The third-order valence-corrected chi connectivity index (χ3v) is 9.42. The Kier molecular flexibility index (Phi) is 7.76. The summed E-state index contributed by atoms with van der Waals surface area (Å²) in [6, 6.07) is 7.47. The molecule has 1 aliphatic heterocycles. The number of sulfonamides is 1. The number of carbonyl (C=O) groups is 1. The summed E-state index contributed by atoms with van der Waals surface area (Å²) >= 11 is 0. The molecule has 5 rings (SSSR count). The molecule has 210 valence electrons. The fraction of sp³-hybridized carbons (Fsp3) is 0.500. The molecule has 3 N–H and O–H groups in total. The van der Waals surface area contributed by atoms with E-state index >= 15 is 8.78 Å². The van der Waals surface area contributed by atoms with Crippen molar-refractivity contribution in [1.82, 2.24) is 19.4 Å². The standard InChI is InChI=1S/C28H35F2N5O3S/c1-19-6-8-22(9-7-19)28(29,30)26(27(36)34-14-12-23(31)13-15-34)33-39(37,38)24-10-11-25-21(16-24)17-32-35(25)18-20-4-2-3-5-20/h6-11,16-17,20,23,26,33H,2-5,12-15,18,31H2,1H3/t26-/m1/s1. The Labute approximate surface area is 227 Å². The van der Waals surface area contributed by atoms with Gasteiger partial charge in [0.05, 0.1) is 16.6 Å². The van der Waals surface area contributed by atoms with Gasteiger partial charge in [0, 0.05) is 36.6 Å². The molecule has 8 nitrogen and oxygen atoms in total. The molecule has 0 spiro atoms. The number of rotatable bonds is 8. The number of piperidine rings is 1. The molecular weight excluding hydrogens is 524 g/mol. The number of nitrogens with one attached hydrogen (secondary N) is 1. The van der Waals surface area contributed by atoms with Crippen LogP contribution in [0.25, 0.3) is 10.9 Å². The van der Waals surface area contributed by atoms with E-state index in [1.165, 1.54) is 54.1 Å². The lowest BCUT2D eigenvalue weighted by molar-refractivity contribution is -0.145. The summed E-state index contributed by atoms with van der Waals surface area (Å²) in [7, 11) is -4.50. The quantitative estimate of drug-likeness (QED) is 0.435. The number of alkyl halides is 2. The average molecular weight is 560 g/mol. The van der Waals surface area contributed by atoms with Crippen LogP contribution in [0.1, 0.15) is 49.7 Å². The molecule has 1 aliphatic carbocycles. The number of benzene rings is 2. The van der Waals surface area contributed by atoms with Gasteiger partial charge in [-0.3, -0.25) is 9.48 Å². The molecule has 2 heterocycles. The Morgan fingerprint density at radius 2 is 1.77 bits per heavy atom. The predicted molar refractivity (Wildman–Crippen MR) is 145 cm³/mol. The van der Waals surface area contributed by atoms with Gasteiger partial charge in [-0.15, -0.1) is 0 Å². The van der Waals surface area contributed by atoms with Gasteiger partial charge in [-0.05, 0) is 56.7 Å². The highest BCUT2D eigenvalue weighted by molar-refractivity contribution is 7.89. The van der Waals surface area contributed by atoms with E-state index in [-0.39, 0.29) is 24.0 Å². The first kappa shape index (κ1) is 27.7. The second-order valence-corrected chi connectivity index (χ2v) is 12.6. The predicted octanol–water partition coefficient (Wildman–Crippen LogP) is 3.92. The van der Waals surface area contributed by atoms with E-state index in [9.17, 15) is 13.2 Å².